The fraction of sp³-hybridized carbons (Fsp3) is 0.167. The molecular weight excluding hydrogens is 493 g/mol. The van der Waals surface area contributed by atoms with Crippen molar-refractivity contribution in [1.82, 2.24) is 4.90 Å². The molecule has 3 nitrogen and oxygen atoms in total. The van der Waals surface area contributed by atoms with E-state index in [2.05, 4.69) is 70.0 Å². The first-order valence-electron chi connectivity index (χ1n) is 9.46. The molecule has 1 atom stereocenters. The van der Waals surface area contributed by atoms with Crippen LogP contribution in [0.1, 0.15) is 28.7 Å². The van der Waals surface area contributed by atoms with Crippen molar-refractivity contribution in [2.24, 2.45) is 0 Å². The number of sulfone groups is 1. The van der Waals surface area contributed by atoms with Crippen molar-refractivity contribution in [2.75, 3.05) is 12.8 Å². The summed E-state index contributed by atoms with van der Waals surface area (Å²) in [4.78, 5) is 2.22. The smallest absolute Gasteiger partial charge is 0.170 e. The van der Waals surface area contributed by atoms with Crippen LogP contribution in [0.25, 0.3) is 0 Å². The molecule has 0 spiro atoms. The maximum Gasteiger partial charge on any atom is 0.170 e. The van der Waals surface area contributed by atoms with Crippen LogP contribution >= 0.6 is 22.6 Å². The Kier molecular flexibility index (Phi) is 5.79. The molecule has 0 aliphatic carbocycles. The van der Waals surface area contributed by atoms with Crippen molar-refractivity contribution >= 4 is 32.4 Å². The van der Waals surface area contributed by atoms with Crippen molar-refractivity contribution in [3.8, 4) is 0 Å². The Balaban J connectivity index is 1.79. The maximum atomic E-state index is 12.2. The van der Waals surface area contributed by atoms with E-state index in [0.717, 1.165) is 32.5 Å². The molecule has 1 heterocycles. The summed E-state index contributed by atoms with van der Waals surface area (Å²) < 4.78 is 25.6. The topological polar surface area (TPSA) is 37.4 Å². The Morgan fingerprint density at radius 1 is 0.931 bits per heavy atom. The minimum absolute atomic E-state index is 0.0237. The second-order valence-electron chi connectivity index (χ2n) is 7.36. The van der Waals surface area contributed by atoms with Crippen LogP contribution < -0.4 is 0 Å². The van der Waals surface area contributed by atoms with Gasteiger partial charge in [0, 0.05) is 28.0 Å². The lowest BCUT2D eigenvalue weighted by Crippen LogP contribution is -2.45. The lowest BCUT2D eigenvalue weighted by atomic mass is 9.83. The number of halogens is 1. The van der Waals surface area contributed by atoms with Crippen molar-refractivity contribution in [2.45, 2.75) is 12.0 Å². The van der Waals surface area contributed by atoms with E-state index in [1.54, 1.807) is 0 Å². The second kappa shape index (κ2) is 8.32. The van der Waals surface area contributed by atoms with Gasteiger partial charge < -0.3 is 4.90 Å². The molecule has 3 aromatic carbocycles. The maximum absolute atomic E-state index is 12.2. The predicted octanol–water partition coefficient (Wildman–Crippen LogP) is 5.37. The van der Waals surface area contributed by atoms with Gasteiger partial charge in [0.05, 0.1) is 11.4 Å². The lowest BCUT2D eigenvalue weighted by Gasteiger charge is -2.49. The standard InChI is InChI=1S/C24H22INO2S/c1-29(27,28)17-23-22(20-13-8-14-21(25)15-20)16-26(23)24(18-9-4-2-5-10-18)19-11-6-3-7-12-19/h2-15,17,22,24H,16H2,1H3. The monoisotopic (exact) mass is 515 g/mol. The summed E-state index contributed by atoms with van der Waals surface area (Å²) in [5, 5.41) is 1.44. The Hall–Kier alpha value is -2.12. The Bertz CT molecular complexity index is 1090. The molecule has 0 N–H and O–H groups in total. The molecule has 0 bridgehead atoms. The molecule has 0 saturated carbocycles. The third-order valence-electron chi connectivity index (χ3n) is 5.20. The first kappa shape index (κ1) is 20.2. The zero-order valence-electron chi connectivity index (χ0n) is 16.1. The third-order valence-corrected chi connectivity index (χ3v) is 6.54. The van der Waals surface area contributed by atoms with Gasteiger partial charge in [-0.1, -0.05) is 72.8 Å². The first-order valence-corrected chi connectivity index (χ1v) is 12.5. The fourth-order valence-electron chi connectivity index (χ4n) is 3.93. The van der Waals surface area contributed by atoms with Gasteiger partial charge in [0.2, 0.25) is 0 Å². The Morgan fingerprint density at radius 3 is 2.03 bits per heavy atom. The zero-order valence-corrected chi connectivity index (χ0v) is 19.0. The summed E-state index contributed by atoms with van der Waals surface area (Å²) in [5.41, 5.74) is 4.31. The quantitative estimate of drug-likeness (QED) is 0.429. The molecule has 29 heavy (non-hydrogen) atoms. The van der Waals surface area contributed by atoms with E-state index in [1.165, 1.54) is 11.7 Å². The van der Waals surface area contributed by atoms with E-state index in [-0.39, 0.29) is 12.0 Å². The SMILES string of the molecule is CS(=O)(=O)C=C1C(c2cccc(I)c2)CN1C(c1ccccc1)c1ccccc1. The van der Waals surface area contributed by atoms with Crippen LogP contribution in [0.3, 0.4) is 0 Å². The highest BCUT2D eigenvalue weighted by Crippen LogP contribution is 2.46. The molecule has 1 aliphatic heterocycles. The normalized spacial score (nSPS) is 18.1. The molecule has 1 fully saturated rings. The van der Waals surface area contributed by atoms with Crippen LogP contribution in [0.4, 0.5) is 0 Å². The molecule has 1 aliphatic rings. The number of nitrogens with zero attached hydrogens (tertiary/aromatic N) is 1. The van der Waals surface area contributed by atoms with Gasteiger partial charge in [0.15, 0.2) is 9.84 Å². The molecule has 0 radical (unpaired) electrons. The van der Waals surface area contributed by atoms with E-state index in [1.807, 2.05) is 42.5 Å². The summed E-state index contributed by atoms with van der Waals surface area (Å²) in [5.74, 6) is 0.0781. The van der Waals surface area contributed by atoms with Crippen LogP contribution in [0.15, 0.2) is 96.0 Å². The molecule has 0 aromatic heterocycles. The van der Waals surface area contributed by atoms with Gasteiger partial charge in [0.1, 0.15) is 0 Å². The Labute approximate surface area is 186 Å². The van der Waals surface area contributed by atoms with E-state index in [4.69, 9.17) is 0 Å². The van der Waals surface area contributed by atoms with Crippen LogP contribution in [-0.4, -0.2) is 26.1 Å². The molecule has 5 heteroatoms. The minimum Gasteiger partial charge on any atom is -0.362 e. The third kappa shape index (κ3) is 4.56. The summed E-state index contributed by atoms with van der Waals surface area (Å²) in [6.45, 7) is 0.774. The highest BCUT2D eigenvalue weighted by Gasteiger charge is 2.39. The first-order chi connectivity index (χ1) is 13.9. The lowest BCUT2D eigenvalue weighted by molar-refractivity contribution is 0.182. The van der Waals surface area contributed by atoms with Crippen molar-refractivity contribution in [1.29, 1.82) is 0 Å². The van der Waals surface area contributed by atoms with Gasteiger partial charge in [-0.2, -0.15) is 0 Å². The Morgan fingerprint density at radius 2 is 1.52 bits per heavy atom. The van der Waals surface area contributed by atoms with Crippen LogP contribution in [0.5, 0.6) is 0 Å². The minimum atomic E-state index is -3.27. The van der Waals surface area contributed by atoms with E-state index in [9.17, 15) is 8.42 Å². The molecule has 1 unspecified atom stereocenters. The predicted molar refractivity (Wildman–Crippen MR) is 126 cm³/mol. The van der Waals surface area contributed by atoms with Gasteiger partial charge in [-0.05, 0) is 51.4 Å². The summed E-state index contributed by atoms with van der Waals surface area (Å²) in [6.07, 6.45) is 1.27. The summed E-state index contributed by atoms with van der Waals surface area (Å²) >= 11 is 2.30. The highest BCUT2D eigenvalue weighted by molar-refractivity contribution is 14.1. The van der Waals surface area contributed by atoms with Crippen molar-refractivity contribution in [3.05, 3.63) is 116 Å². The largest absolute Gasteiger partial charge is 0.362 e. The summed E-state index contributed by atoms with van der Waals surface area (Å²) in [7, 11) is -3.27. The molecule has 0 amide bonds. The molecular formula is C24H22INO2S. The van der Waals surface area contributed by atoms with Crippen molar-refractivity contribution < 1.29 is 8.42 Å². The average molecular weight is 515 g/mol. The van der Waals surface area contributed by atoms with Gasteiger partial charge in [-0.25, -0.2) is 8.42 Å². The van der Waals surface area contributed by atoms with Crippen LogP contribution in [0.2, 0.25) is 0 Å². The van der Waals surface area contributed by atoms with Crippen LogP contribution in [-0.2, 0) is 9.84 Å². The van der Waals surface area contributed by atoms with Gasteiger partial charge in [-0.3, -0.25) is 0 Å². The van der Waals surface area contributed by atoms with Gasteiger partial charge >= 0.3 is 0 Å². The molecule has 4 rings (SSSR count). The fourth-order valence-corrected chi connectivity index (χ4v) is 5.24. The zero-order chi connectivity index (χ0) is 20.4. The molecule has 1 saturated heterocycles. The highest BCUT2D eigenvalue weighted by atomic mass is 127. The number of rotatable bonds is 5. The second-order valence-corrected chi connectivity index (χ2v) is 10.5. The van der Waals surface area contributed by atoms with E-state index >= 15 is 0 Å². The van der Waals surface area contributed by atoms with Gasteiger partial charge in [-0.15, -0.1) is 0 Å². The van der Waals surface area contributed by atoms with Crippen LogP contribution in [0, 0.1) is 3.57 Å². The average Bonchev–Trinajstić information content (AvgIpc) is 2.70. The molecule has 148 valence electrons. The van der Waals surface area contributed by atoms with E-state index in [0.29, 0.717) is 0 Å². The number of hydrogen-bond donors (Lipinski definition) is 0. The molecule has 3 aromatic rings. The number of benzene rings is 3. The van der Waals surface area contributed by atoms with Crippen molar-refractivity contribution in [3.63, 3.8) is 0 Å². The number of hydrogen-bond acceptors (Lipinski definition) is 3. The van der Waals surface area contributed by atoms with Gasteiger partial charge in [0.25, 0.3) is 0 Å². The summed E-state index contributed by atoms with van der Waals surface area (Å²) in [6, 6.07) is 28.8. The number of likely N-dealkylation sites (tertiary alicyclic amines) is 1. The van der Waals surface area contributed by atoms with E-state index < -0.39 is 9.84 Å².